The second-order valence-electron chi connectivity index (χ2n) is 13.4. The standard InChI is InChI=1S/C30H44O9/c1-16-24(33)26(36-3)25(34)27(38-16)39-19-6-10-29(15-31)18(13-19)4-5-22-21(29)7-9-28(2)20(8-11-30(22,28)35)17-12-23(32)37-14-17/h12,15-16,18-22,24-27,33-35H,4-11,13-14H2,1-3H3/t16-,18+,19-,20+,21-,22+,24-,25-,26+,27-,28+,29+,30-/m0/s1. The zero-order valence-electron chi connectivity index (χ0n) is 23.3. The first-order valence-corrected chi connectivity index (χ1v) is 14.8. The van der Waals surface area contributed by atoms with E-state index in [1.54, 1.807) is 13.0 Å². The third kappa shape index (κ3) is 4.02. The van der Waals surface area contributed by atoms with Crippen LogP contribution in [-0.2, 0) is 28.5 Å². The van der Waals surface area contributed by atoms with Crippen molar-refractivity contribution in [1.82, 2.24) is 0 Å². The maximum absolute atomic E-state index is 13.0. The number of aliphatic hydroxyl groups excluding tert-OH is 2. The largest absolute Gasteiger partial charge is 0.458 e. The molecule has 0 radical (unpaired) electrons. The van der Waals surface area contributed by atoms with Crippen molar-refractivity contribution in [2.45, 2.75) is 114 Å². The van der Waals surface area contributed by atoms with Crippen LogP contribution in [0.1, 0.15) is 71.6 Å². The molecule has 4 aliphatic carbocycles. The number of ether oxygens (including phenoxy) is 4. The molecule has 3 N–H and O–H groups in total. The highest BCUT2D eigenvalue weighted by Gasteiger charge is 2.68. The van der Waals surface area contributed by atoms with Crippen LogP contribution in [0.3, 0.4) is 0 Å². The van der Waals surface area contributed by atoms with Gasteiger partial charge in [0.05, 0.1) is 17.8 Å². The minimum absolute atomic E-state index is 0.0482. The van der Waals surface area contributed by atoms with E-state index in [2.05, 4.69) is 6.92 Å². The average molecular weight is 549 g/mol. The Bertz CT molecular complexity index is 1010. The molecule has 6 aliphatic rings. The van der Waals surface area contributed by atoms with Crippen molar-refractivity contribution in [2.75, 3.05) is 13.7 Å². The van der Waals surface area contributed by atoms with E-state index in [0.29, 0.717) is 32.3 Å². The number of carbonyl (C=O) groups is 2. The van der Waals surface area contributed by atoms with E-state index in [1.165, 1.54) is 13.4 Å². The maximum Gasteiger partial charge on any atom is 0.331 e. The summed E-state index contributed by atoms with van der Waals surface area (Å²) in [5, 5.41) is 33.4. The molecule has 9 heteroatoms. The predicted molar refractivity (Wildman–Crippen MR) is 138 cm³/mol. The second kappa shape index (κ2) is 9.88. The summed E-state index contributed by atoms with van der Waals surface area (Å²) in [4.78, 5) is 24.8. The molecule has 39 heavy (non-hydrogen) atoms. The number of fused-ring (bicyclic) bond motifs is 5. The first-order chi connectivity index (χ1) is 18.6. The van der Waals surface area contributed by atoms with Gasteiger partial charge in [-0.05, 0) is 94.0 Å². The summed E-state index contributed by atoms with van der Waals surface area (Å²) in [6.45, 7) is 4.25. The Balaban J connectivity index is 1.18. The van der Waals surface area contributed by atoms with Gasteiger partial charge in [-0.15, -0.1) is 0 Å². The fourth-order valence-corrected chi connectivity index (χ4v) is 10.00. The number of esters is 1. The van der Waals surface area contributed by atoms with Crippen LogP contribution < -0.4 is 0 Å². The molecule has 1 saturated heterocycles. The lowest BCUT2D eigenvalue weighted by Gasteiger charge is -2.63. The summed E-state index contributed by atoms with van der Waals surface area (Å²) in [5.41, 5.74) is -0.682. The molecule has 4 saturated carbocycles. The summed E-state index contributed by atoms with van der Waals surface area (Å²) in [5.74, 6) is 0.152. The molecular weight excluding hydrogens is 504 g/mol. The maximum atomic E-state index is 13.0. The zero-order chi connectivity index (χ0) is 27.7. The molecule has 0 aromatic heterocycles. The first-order valence-electron chi connectivity index (χ1n) is 14.8. The van der Waals surface area contributed by atoms with E-state index in [4.69, 9.17) is 18.9 Å². The topological polar surface area (TPSA) is 132 Å². The minimum atomic E-state index is -1.11. The van der Waals surface area contributed by atoms with Crippen molar-refractivity contribution in [3.63, 3.8) is 0 Å². The monoisotopic (exact) mass is 548 g/mol. The van der Waals surface area contributed by atoms with Crippen molar-refractivity contribution < 1.29 is 43.9 Å². The molecule has 5 fully saturated rings. The van der Waals surface area contributed by atoms with Crippen LogP contribution in [0.15, 0.2) is 11.6 Å². The van der Waals surface area contributed by atoms with Crippen molar-refractivity contribution in [3.8, 4) is 0 Å². The van der Waals surface area contributed by atoms with Gasteiger partial charge in [0.2, 0.25) is 0 Å². The molecular formula is C30H44O9. The number of rotatable bonds is 5. The van der Waals surface area contributed by atoms with Crippen LogP contribution in [-0.4, -0.2) is 83.7 Å². The van der Waals surface area contributed by atoms with Gasteiger partial charge in [-0.1, -0.05) is 6.92 Å². The van der Waals surface area contributed by atoms with E-state index in [1.807, 2.05) is 0 Å². The van der Waals surface area contributed by atoms with Gasteiger partial charge in [0.1, 0.15) is 31.2 Å². The van der Waals surface area contributed by atoms with Crippen molar-refractivity contribution in [1.29, 1.82) is 0 Å². The Kier molecular flexibility index (Phi) is 7.04. The third-order valence-electron chi connectivity index (χ3n) is 12.1. The number of hydrogen-bond donors (Lipinski definition) is 3. The Hall–Kier alpha value is -1.36. The first kappa shape index (κ1) is 27.8. The number of methoxy groups -OCH3 is 1. The van der Waals surface area contributed by atoms with Crippen LogP contribution in [0.2, 0.25) is 0 Å². The Morgan fingerprint density at radius 3 is 2.54 bits per heavy atom. The Labute approximate surface area is 230 Å². The molecule has 0 aromatic carbocycles. The minimum Gasteiger partial charge on any atom is -0.458 e. The zero-order valence-corrected chi connectivity index (χ0v) is 23.3. The lowest BCUT2D eigenvalue weighted by atomic mass is 9.43. The molecule has 2 aliphatic heterocycles. The molecule has 0 aromatic rings. The molecule has 218 valence electrons. The van der Waals surface area contributed by atoms with Gasteiger partial charge in [-0.25, -0.2) is 4.79 Å². The molecule has 13 atom stereocenters. The van der Waals surface area contributed by atoms with Crippen LogP contribution in [0, 0.1) is 34.5 Å². The van der Waals surface area contributed by atoms with Gasteiger partial charge in [0.25, 0.3) is 0 Å². The van der Waals surface area contributed by atoms with E-state index < -0.39 is 41.7 Å². The van der Waals surface area contributed by atoms with Gasteiger partial charge >= 0.3 is 5.97 Å². The quantitative estimate of drug-likeness (QED) is 0.269. The van der Waals surface area contributed by atoms with Crippen LogP contribution in [0.4, 0.5) is 0 Å². The molecule has 0 spiro atoms. The van der Waals surface area contributed by atoms with Gasteiger partial charge in [0, 0.05) is 24.0 Å². The highest BCUT2D eigenvalue weighted by Crippen LogP contribution is 2.69. The molecule has 0 amide bonds. The summed E-state index contributed by atoms with van der Waals surface area (Å²) in [6.07, 6.45) is 5.39. The lowest BCUT2D eigenvalue weighted by Crippen LogP contribution is -2.63. The third-order valence-corrected chi connectivity index (χ3v) is 12.1. The molecule has 2 heterocycles. The number of aldehydes is 1. The summed E-state index contributed by atoms with van der Waals surface area (Å²) in [6, 6.07) is 0. The van der Waals surface area contributed by atoms with Gasteiger partial charge in [0.15, 0.2) is 6.29 Å². The van der Waals surface area contributed by atoms with Crippen molar-refractivity contribution in [3.05, 3.63) is 11.6 Å². The number of hydrogen-bond acceptors (Lipinski definition) is 9. The van der Waals surface area contributed by atoms with Crippen LogP contribution in [0.5, 0.6) is 0 Å². The smallest absolute Gasteiger partial charge is 0.331 e. The highest BCUT2D eigenvalue weighted by atomic mass is 16.7. The Morgan fingerprint density at radius 1 is 1.05 bits per heavy atom. The molecule has 0 unspecified atom stereocenters. The number of aliphatic hydroxyl groups is 3. The van der Waals surface area contributed by atoms with Gasteiger partial charge < -0.3 is 39.1 Å². The fraction of sp³-hybridized carbons (Fsp3) is 0.867. The number of cyclic esters (lactones) is 1. The van der Waals surface area contributed by atoms with Gasteiger partial charge in [-0.2, -0.15) is 0 Å². The van der Waals surface area contributed by atoms with E-state index >= 15 is 0 Å². The van der Waals surface area contributed by atoms with Crippen molar-refractivity contribution in [2.24, 2.45) is 34.5 Å². The van der Waals surface area contributed by atoms with Crippen molar-refractivity contribution >= 4 is 12.3 Å². The predicted octanol–water partition coefficient (Wildman–Crippen LogP) is 2.29. The fourth-order valence-electron chi connectivity index (χ4n) is 10.00. The van der Waals surface area contributed by atoms with E-state index in [9.17, 15) is 24.9 Å². The SMILES string of the molecule is CO[C@H]1[C@H](O)[C@H](O[C@H]2CC[C@@]3(C=O)[C@H](CC[C@@H]4[C@@H]3CC[C@]3(C)[C@@H](C5=CC(=O)OC5)CC[C@]43O)C2)O[C@@H](C)[C@@H]1O. The summed E-state index contributed by atoms with van der Waals surface area (Å²) >= 11 is 0. The van der Waals surface area contributed by atoms with Gasteiger partial charge in [-0.3, -0.25) is 0 Å². The number of carbonyl (C=O) groups excluding carboxylic acids is 2. The molecule has 9 nitrogen and oxygen atoms in total. The van der Waals surface area contributed by atoms with E-state index in [-0.39, 0.29) is 41.2 Å². The summed E-state index contributed by atoms with van der Waals surface area (Å²) in [7, 11) is 1.46. The Morgan fingerprint density at radius 2 is 1.85 bits per heavy atom. The average Bonchev–Trinajstić information content (AvgIpc) is 3.47. The molecule has 0 bridgehead atoms. The van der Waals surface area contributed by atoms with Crippen LogP contribution >= 0.6 is 0 Å². The summed E-state index contributed by atoms with van der Waals surface area (Å²) < 4.78 is 22.6. The highest BCUT2D eigenvalue weighted by molar-refractivity contribution is 5.85. The lowest BCUT2D eigenvalue weighted by molar-refractivity contribution is -0.312. The van der Waals surface area contributed by atoms with E-state index in [0.717, 1.165) is 37.7 Å². The van der Waals surface area contributed by atoms with Crippen LogP contribution in [0.25, 0.3) is 0 Å². The molecule has 6 rings (SSSR count). The second-order valence-corrected chi connectivity index (χ2v) is 13.4. The normalized spacial score (nSPS) is 53.3.